The van der Waals surface area contributed by atoms with E-state index in [9.17, 15) is 9.59 Å². The maximum absolute atomic E-state index is 11.9. The van der Waals surface area contributed by atoms with Crippen LogP contribution in [0.3, 0.4) is 0 Å². The van der Waals surface area contributed by atoms with Gasteiger partial charge in [-0.3, -0.25) is 14.3 Å². The Balaban J connectivity index is 3.06. The van der Waals surface area contributed by atoms with Crippen molar-refractivity contribution in [3.8, 4) is 0 Å². The Morgan fingerprint density at radius 2 is 1.89 bits per heavy atom. The second-order valence-electron chi connectivity index (χ2n) is 5.37. The molecule has 0 spiro atoms. The summed E-state index contributed by atoms with van der Waals surface area (Å²) in [7, 11) is 0. The number of aryl methyl sites for hydroxylation is 1. The Morgan fingerprint density at radius 1 is 1.26 bits per heavy atom. The van der Waals surface area contributed by atoms with Gasteiger partial charge in [-0.1, -0.05) is 33.0 Å². The number of nitrogens with zero attached hydrogens (tertiary/aromatic N) is 2. The largest absolute Gasteiger partial charge is 0.329 e. The molecule has 0 radical (unpaired) electrons. The molecule has 19 heavy (non-hydrogen) atoms. The van der Waals surface area contributed by atoms with Gasteiger partial charge in [0, 0.05) is 12.0 Å². The van der Waals surface area contributed by atoms with E-state index in [2.05, 4.69) is 15.0 Å². The van der Waals surface area contributed by atoms with E-state index in [1.165, 1.54) is 4.57 Å². The highest BCUT2D eigenvalue weighted by atomic mass is 32.1. The van der Waals surface area contributed by atoms with E-state index < -0.39 is 11.2 Å². The van der Waals surface area contributed by atoms with E-state index in [1.54, 1.807) is 0 Å². The van der Waals surface area contributed by atoms with Gasteiger partial charge in [0.05, 0.1) is 0 Å². The van der Waals surface area contributed by atoms with Crippen LogP contribution in [0.2, 0.25) is 0 Å². The molecule has 0 aliphatic heterocycles. The molecule has 7 heteroatoms. The monoisotopic (exact) mass is 280 g/mol. The molecule has 0 saturated heterocycles. The number of hydrogen-bond acceptors (Lipinski definition) is 4. The predicted octanol–water partition coefficient (Wildman–Crippen LogP) is 1.46. The number of aromatic nitrogens is 4. The first-order valence-electron chi connectivity index (χ1n) is 6.03. The first-order chi connectivity index (χ1) is 8.75. The third kappa shape index (κ3) is 2.25. The van der Waals surface area contributed by atoms with Crippen molar-refractivity contribution in [3.63, 3.8) is 0 Å². The van der Waals surface area contributed by atoms with Gasteiger partial charge >= 0.3 is 5.69 Å². The molecule has 2 aromatic rings. The maximum atomic E-state index is 11.9. The van der Waals surface area contributed by atoms with Gasteiger partial charge in [0.2, 0.25) is 0 Å². The minimum Gasteiger partial charge on any atom is -0.329 e. The van der Waals surface area contributed by atoms with E-state index in [4.69, 9.17) is 12.2 Å². The number of H-pyrrole nitrogens is 2. The highest BCUT2D eigenvalue weighted by Crippen LogP contribution is 2.19. The topological polar surface area (TPSA) is 83.5 Å². The Hall–Kier alpha value is -1.76. The number of nitrogens with one attached hydrogen (secondary N) is 2. The summed E-state index contributed by atoms with van der Waals surface area (Å²) in [5.74, 6) is 0.650. The van der Waals surface area contributed by atoms with Crippen LogP contribution in [0.5, 0.6) is 0 Å². The Morgan fingerprint density at radius 3 is 2.42 bits per heavy atom. The van der Waals surface area contributed by atoms with Crippen molar-refractivity contribution >= 4 is 23.3 Å². The average Bonchev–Trinajstić information content (AvgIpc) is 2.26. The molecule has 2 N–H and O–H groups in total. The number of aromatic amines is 2. The fourth-order valence-electron chi connectivity index (χ4n) is 1.85. The van der Waals surface area contributed by atoms with Gasteiger partial charge in [-0.15, -0.1) is 0 Å². The van der Waals surface area contributed by atoms with Crippen LogP contribution in [-0.2, 0) is 12.0 Å². The zero-order valence-corrected chi connectivity index (χ0v) is 12.1. The molecular formula is C12H16N4O2S. The van der Waals surface area contributed by atoms with Gasteiger partial charge in [-0.2, -0.15) is 0 Å². The number of fused-ring (bicyclic) bond motifs is 1. The fraction of sp³-hybridized carbons (Fsp3) is 0.500. The van der Waals surface area contributed by atoms with E-state index in [-0.39, 0.29) is 15.4 Å². The lowest BCUT2D eigenvalue weighted by Crippen LogP contribution is -2.31. The second-order valence-corrected chi connectivity index (χ2v) is 5.75. The molecule has 0 bridgehead atoms. The van der Waals surface area contributed by atoms with Crippen molar-refractivity contribution in [1.82, 2.24) is 19.5 Å². The van der Waals surface area contributed by atoms with Crippen molar-refractivity contribution in [2.45, 2.75) is 39.7 Å². The Bertz CT molecular complexity index is 808. The molecule has 6 nitrogen and oxygen atoms in total. The molecule has 2 rings (SSSR count). The van der Waals surface area contributed by atoms with Crippen LogP contribution in [-0.4, -0.2) is 19.5 Å². The van der Waals surface area contributed by atoms with Gasteiger partial charge in [-0.25, -0.2) is 9.78 Å². The Labute approximate surface area is 114 Å². The summed E-state index contributed by atoms with van der Waals surface area (Å²) in [4.78, 5) is 33.2. The predicted molar refractivity (Wildman–Crippen MR) is 76.2 cm³/mol. The van der Waals surface area contributed by atoms with Crippen LogP contribution in [0, 0.1) is 4.64 Å². The molecule has 0 amide bonds. The summed E-state index contributed by atoms with van der Waals surface area (Å²) in [5, 5.41) is 0.254. The van der Waals surface area contributed by atoms with Gasteiger partial charge in [0.15, 0.2) is 0 Å². The SMILES string of the molecule is CCn1c(=O)[nH]c(=O)c2c(=S)nc(C(C)(C)C)[nH]c21. The Kier molecular flexibility index (Phi) is 3.17. The van der Waals surface area contributed by atoms with Crippen LogP contribution in [0.1, 0.15) is 33.5 Å². The van der Waals surface area contributed by atoms with Crippen molar-refractivity contribution in [1.29, 1.82) is 0 Å². The van der Waals surface area contributed by atoms with Crippen LogP contribution in [0.15, 0.2) is 9.59 Å². The lowest BCUT2D eigenvalue weighted by Gasteiger charge is -2.18. The lowest BCUT2D eigenvalue weighted by atomic mass is 9.96. The molecule has 2 aromatic heterocycles. The van der Waals surface area contributed by atoms with Crippen molar-refractivity contribution in [2.24, 2.45) is 0 Å². The molecule has 0 aliphatic rings. The summed E-state index contributed by atoms with van der Waals surface area (Å²) in [6, 6.07) is 0. The average molecular weight is 280 g/mol. The normalized spacial score (nSPS) is 12.0. The number of rotatable bonds is 1. The molecule has 0 atom stereocenters. The molecule has 0 aliphatic carbocycles. The van der Waals surface area contributed by atoms with Gasteiger partial charge in [0.1, 0.15) is 21.5 Å². The summed E-state index contributed by atoms with van der Waals surface area (Å²) in [5.41, 5.74) is -0.768. The van der Waals surface area contributed by atoms with Crippen molar-refractivity contribution in [2.75, 3.05) is 0 Å². The first kappa shape index (κ1) is 13.7. The van der Waals surface area contributed by atoms with E-state index >= 15 is 0 Å². The van der Waals surface area contributed by atoms with Crippen LogP contribution in [0.4, 0.5) is 0 Å². The standard InChI is InChI=1S/C12H16N4O2S/c1-5-16-7-6(8(17)14-11(16)18)9(19)15-10(13-7)12(2,3)4/h5H2,1-4H3,(H,13,15,19)(H,14,17,18). The maximum Gasteiger partial charge on any atom is 0.329 e. The van der Waals surface area contributed by atoms with Crippen LogP contribution in [0.25, 0.3) is 11.0 Å². The third-order valence-corrected chi connectivity index (χ3v) is 3.19. The second kappa shape index (κ2) is 4.41. The van der Waals surface area contributed by atoms with Crippen molar-refractivity contribution in [3.05, 3.63) is 31.3 Å². The molecule has 2 heterocycles. The van der Waals surface area contributed by atoms with Crippen LogP contribution >= 0.6 is 12.2 Å². The van der Waals surface area contributed by atoms with Gasteiger partial charge in [0.25, 0.3) is 5.56 Å². The smallest absolute Gasteiger partial charge is 0.329 e. The van der Waals surface area contributed by atoms with E-state index in [1.807, 2.05) is 27.7 Å². The summed E-state index contributed by atoms with van der Waals surface area (Å²) >= 11 is 5.18. The minimum absolute atomic E-state index is 0.210. The molecule has 102 valence electrons. The third-order valence-electron chi connectivity index (χ3n) is 2.89. The molecular weight excluding hydrogens is 264 g/mol. The van der Waals surface area contributed by atoms with Gasteiger partial charge in [-0.05, 0) is 6.92 Å². The zero-order chi connectivity index (χ0) is 14.4. The van der Waals surface area contributed by atoms with Crippen LogP contribution < -0.4 is 11.2 Å². The molecule has 0 unspecified atom stereocenters. The summed E-state index contributed by atoms with van der Waals surface area (Å²) in [6.45, 7) is 8.20. The first-order valence-corrected chi connectivity index (χ1v) is 6.44. The molecule has 0 saturated carbocycles. The lowest BCUT2D eigenvalue weighted by molar-refractivity contribution is 0.544. The van der Waals surface area contributed by atoms with E-state index in [0.29, 0.717) is 18.0 Å². The minimum atomic E-state index is -0.501. The van der Waals surface area contributed by atoms with Gasteiger partial charge < -0.3 is 4.98 Å². The quantitative estimate of drug-likeness (QED) is 0.775. The number of hydrogen-bond donors (Lipinski definition) is 2. The highest BCUT2D eigenvalue weighted by Gasteiger charge is 2.19. The summed E-state index contributed by atoms with van der Waals surface area (Å²) < 4.78 is 1.66. The summed E-state index contributed by atoms with van der Waals surface area (Å²) in [6.07, 6.45) is 0. The molecule has 0 fully saturated rings. The fourth-order valence-corrected chi connectivity index (χ4v) is 2.13. The van der Waals surface area contributed by atoms with Crippen molar-refractivity contribution < 1.29 is 0 Å². The zero-order valence-electron chi connectivity index (χ0n) is 11.3. The highest BCUT2D eigenvalue weighted by molar-refractivity contribution is 7.71. The molecule has 0 aromatic carbocycles. The van der Waals surface area contributed by atoms with E-state index in [0.717, 1.165) is 0 Å².